The topological polar surface area (TPSA) is 87.0 Å². The van der Waals surface area contributed by atoms with E-state index in [1.165, 1.54) is 6.92 Å². The van der Waals surface area contributed by atoms with Gasteiger partial charge in [0.2, 0.25) is 0 Å². The Morgan fingerprint density at radius 2 is 1.90 bits per heavy atom. The fraction of sp³-hybridized carbons (Fsp3) is 0.792. The molecule has 1 saturated carbocycles. The summed E-state index contributed by atoms with van der Waals surface area (Å²) in [6, 6.07) is 0. The Labute approximate surface area is 176 Å². The summed E-state index contributed by atoms with van der Waals surface area (Å²) in [6.45, 7) is 7.40. The van der Waals surface area contributed by atoms with E-state index in [-0.39, 0.29) is 17.8 Å². The van der Waals surface area contributed by atoms with Crippen molar-refractivity contribution in [1.82, 2.24) is 0 Å². The van der Waals surface area contributed by atoms with E-state index in [1.54, 1.807) is 6.08 Å². The lowest BCUT2D eigenvalue weighted by molar-refractivity contribution is -0.154. The van der Waals surface area contributed by atoms with Crippen LogP contribution in [0.2, 0.25) is 0 Å². The van der Waals surface area contributed by atoms with E-state index in [1.807, 2.05) is 19.9 Å². The van der Waals surface area contributed by atoms with Gasteiger partial charge in [-0.3, -0.25) is 4.79 Å². The number of aliphatic hydroxyl groups is 3. The molecule has 1 aliphatic rings. The highest BCUT2D eigenvalue weighted by atomic mass is 16.6. The third-order valence-electron chi connectivity index (χ3n) is 5.72. The van der Waals surface area contributed by atoms with Crippen molar-refractivity contribution < 1.29 is 24.9 Å². The van der Waals surface area contributed by atoms with Crippen LogP contribution in [-0.2, 0) is 9.53 Å². The second-order valence-electron chi connectivity index (χ2n) is 9.01. The molecule has 0 aromatic heterocycles. The number of esters is 1. The van der Waals surface area contributed by atoms with E-state index < -0.39 is 23.9 Å². The summed E-state index contributed by atoms with van der Waals surface area (Å²) >= 11 is 0. The van der Waals surface area contributed by atoms with Crippen molar-refractivity contribution >= 4 is 5.97 Å². The summed E-state index contributed by atoms with van der Waals surface area (Å²) < 4.78 is 5.29. The van der Waals surface area contributed by atoms with Crippen LogP contribution in [0.3, 0.4) is 0 Å². The van der Waals surface area contributed by atoms with Gasteiger partial charge in [-0.05, 0) is 51.9 Å². The first-order valence-corrected chi connectivity index (χ1v) is 11.2. The average molecular weight is 411 g/mol. The van der Waals surface area contributed by atoms with Gasteiger partial charge in [0.05, 0.1) is 18.3 Å². The van der Waals surface area contributed by atoms with E-state index in [4.69, 9.17) is 4.74 Å². The van der Waals surface area contributed by atoms with Gasteiger partial charge < -0.3 is 20.1 Å². The van der Waals surface area contributed by atoms with E-state index in [0.717, 1.165) is 44.9 Å². The van der Waals surface area contributed by atoms with E-state index in [9.17, 15) is 20.1 Å². The van der Waals surface area contributed by atoms with Crippen LogP contribution >= 0.6 is 0 Å². The van der Waals surface area contributed by atoms with Crippen LogP contribution in [0.15, 0.2) is 24.3 Å². The van der Waals surface area contributed by atoms with Crippen LogP contribution in [0.4, 0.5) is 0 Å². The summed E-state index contributed by atoms with van der Waals surface area (Å²) in [5.74, 6) is -0.412. The minimum atomic E-state index is -0.563. The van der Waals surface area contributed by atoms with Gasteiger partial charge in [-0.2, -0.15) is 0 Å². The molecule has 0 amide bonds. The third-order valence-corrected chi connectivity index (χ3v) is 5.72. The Morgan fingerprint density at radius 3 is 2.55 bits per heavy atom. The predicted molar refractivity (Wildman–Crippen MR) is 116 cm³/mol. The monoisotopic (exact) mass is 410 g/mol. The maximum absolute atomic E-state index is 11.1. The summed E-state index contributed by atoms with van der Waals surface area (Å²) in [6.07, 6.45) is 13.9. The molecule has 0 bridgehead atoms. The van der Waals surface area contributed by atoms with Crippen molar-refractivity contribution in [2.45, 2.75) is 109 Å². The molecular weight excluding hydrogens is 368 g/mol. The Balaban J connectivity index is 2.45. The number of carbonyl (C=O) groups is 1. The van der Waals surface area contributed by atoms with Crippen molar-refractivity contribution in [3.63, 3.8) is 0 Å². The maximum Gasteiger partial charge on any atom is 0.303 e. The second kappa shape index (κ2) is 13.2. The van der Waals surface area contributed by atoms with Crippen molar-refractivity contribution in [3.05, 3.63) is 24.3 Å². The van der Waals surface area contributed by atoms with E-state index in [2.05, 4.69) is 19.1 Å². The molecule has 0 saturated heterocycles. The fourth-order valence-electron chi connectivity index (χ4n) is 4.12. The fourth-order valence-corrected chi connectivity index (χ4v) is 4.12. The molecule has 3 N–H and O–H groups in total. The number of carbonyl (C=O) groups excluding carboxylic acids is 1. The van der Waals surface area contributed by atoms with Crippen LogP contribution < -0.4 is 0 Å². The molecule has 0 heterocycles. The highest BCUT2D eigenvalue weighted by Gasteiger charge is 2.39. The molecule has 1 rings (SSSR count). The summed E-state index contributed by atoms with van der Waals surface area (Å²) in [7, 11) is 0. The van der Waals surface area contributed by atoms with Gasteiger partial charge in [0.1, 0.15) is 5.60 Å². The molecule has 5 heteroatoms. The van der Waals surface area contributed by atoms with Crippen molar-refractivity contribution in [2.24, 2.45) is 11.8 Å². The van der Waals surface area contributed by atoms with Crippen LogP contribution in [0.5, 0.6) is 0 Å². The van der Waals surface area contributed by atoms with Crippen LogP contribution in [-0.4, -0.2) is 45.2 Å². The Bertz CT molecular complexity index is 525. The first-order valence-electron chi connectivity index (χ1n) is 11.2. The number of ether oxygens (including phenoxy) is 1. The average Bonchev–Trinajstić information content (AvgIpc) is 2.88. The standard InChI is InChI=1S/C24H42O5/c1-5-6-9-12-19(26)14-15-21-20(22(27)17-23(21)28)13-10-7-8-11-16-24(3,4)29-18(2)25/h7,10,14-15,19-23,26-28H,5-6,8-9,11-13,16-17H2,1-4H3/b10-7-,15-14+/t19-,20+,21+,22-,23+/m0/s1. The molecule has 0 unspecified atom stereocenters. The summed E-state index contributed by atoms with van der Waals surface area (Å²) in [5.41, 5.74) is -0.445. The first kappa shape index (κ1) is 25.9. The minimum Gasteiger partial charge on any atom is -0.460 e. The van der Waals surface area contributed by atoms with E-state index in [0.29, 0.717) is 12.8 Å². The number of aliphatic hydroxyl groups excluding tert-OH is 3. The molecule has 1 aliphatic carbocycles. The summed E-state index contributed by atoms with van der Waals surface area (Å²) in [5, 5.41) is 30.7. The zero-order valence-electron chi connectivity index (χ0n) is 18.7. The molecule has 168 valence electrons. The zero-order chi connectivity index (χ0) is 21.9. The number of hydrogen-bond acceptors (Lipinski definition) is 5. The maximum atomic E-state index is 11.1. The van der Waals surface area contributed by atoms with E-state index >= 15 is 0 Å². The van der Waals surface area contributed by atoms with Gasteiger partial charge in [-0.15, -0.1) is 0 Å². The number of allylic oxidation sites excluding steroid dienone is 2. The molecule has 5 nitrogen and oxygen atoms in total. The molecule has 1 fully saturated rings. The third kappa shape index (κ3) is 10.4. The van der Waals surface area contributed by atoms with Gasteiger partial charge in [-0.25, -0.2) is 0 Å². The Kier molecular flexibility index (Phi) is 11.8. The van der Waals surface area contributed by atoms with Gasteiger partial charge >= 0.3 is 5.97 Å². The number of unbranched alkanes of at least 4 members (excludes halogenated alkanes) is 3. The highest BCUT2D eigenvalue weighted by molar-refractivity contribution is 5.66. The Hall–Kier alpha value is -1.17. The lowest BCUT2D eigenvalue weighted by atomic mass is 9.89. The Morgan fingerprint density at radius 1 is 1.17 bits per heavy atom. The largest absolute Gasteiger partial charge is 0.460 e. The van der Waals surface area contributed by atoms with Gasteiger partial charge in [0, 0.05) is 19.3 Å². The summed E-state index contributed by atoms with van der Waals surface area (Å²) in [4.78, 5) is 11.1. The smallest absolute Gasteiger partial charge is 0.303 e. The SMILES string of the molecule is CCCCC[C@H](O)/C=C/[C@@H]1[C@@H](C/C=C\CCCC(C)(C)OC(C)=O)[C@@H](O)C[C@H]1O. The van der Waals surface area contributed by atoms with Crippen molar-refractivity contribution in [2.75, 3.05) is 0 Å². The lowest BCUT2D eigenvalue weighted by Gasteiger charge is -2.24. The number of hydrogen-bond donors (Lipinski definition) is 3. The second-order valence-corrected chi connectivity index (χ2v) is 9.01. The van der Waals surface area contributed by atoms with Gasteiger partial charge in [-0.1, -0.05) is 50.5 Å². The molecule has 0 radical (unpaired) electrons. The highest BCUT2D eigenvalue weighted by Crippen LogP contribution is 2.36. The first-order chi connectivity index (χ1) is 13.7. The molecular formula is C24H42O5. The lowest BCUT2D eigenvalue weighted by Crippen LogP contribution is -2.26. The van der Waals surface area contributed by atoms with Crippen LogP contribution in [0, 0.1) is 11.8 Å². The molecule has 0 aromatic carbocycles. The molecule has 5 atom stereocenters. The number of rotatable bonds is 13. The minimum absolute atomic E-state index is 0.0298. The van der Waals surface area contributed by atoms with Crippen LogP contribution in [0.25, 0.3) is 0 Å². The molecule has 0 aliphatic heterocycles. The van der Waals surface area contributed by atoms with Crippen LogP contribution in [0.1, 0.15) is 85.5 Å². The quantitative estimate of drug-likeness (QED) is 0.239. The van der Waals surface area contributed by atoms with Gasteiger partial charge in [0.15, 0.2) is 0 Å². The predicted octanol–water partition coefficient (Wildman–Crippen LogP) is 4.30. The van der Waals surface area contributed by atoms with Crippen molar-refractivity contribution in [1.29, 1.82) is 0 Å². The normalized spacial score (nSPS) is 26.4. The van der Waals surface area contributed by atoms with Crippen molar-refractivity contribution in [3.8, 4) is 0 Å². The molecule has 0 aromatic rings. The van der Waals surface area contributed by atoms with Gasteiger partial charge in [0.25, 0.3) is 0 Å². The zero-order valence-corrected chi connectivity index (χ0v) is 18.7. The molecule has 29 heavy (non-hydrogen) atoms. The molecule has 0 spiro atoms.